The molecule has 0 aliphatic rings. The van der Waals surface area contributed by atoms with Gasteiger partial charge in [0.15, 0.2) is 0 Å². The van der Waals surface area contributed by atoms with Gasteiger partial charge in [0.05, 0.1) is 10.6 Å². The number of nitrogens with zero attached hydrogens (tertiary/aromatic N) is 1. The number of hydrogen-bond acceptors (Lipinski definition) is 4. The van der Waals surface area contributed by atoms with Gasteiger partial charge >= 0.3 is 0 Å². The van der Waals surface area contributed by atoms with E-state index in [0.29, 0.717) is 5.69 Å². The highest BCUT2D eigenvalue weighted by Gasteiger charge is 2.17. The second-order valence-corrected chi connectivity index (χ2v) is 5.63. The molecule has 0 saturated carbocycles. The Bertz CT molecular complexity index is 780. The normalized spacial score (nSPS) is 10.8. The molecule has 20 heavy (non-hydrogen) atoms. The lowest BCUT2D eigenvalue weighted by molar-refractivity contribution is 0.601. The highest BCUT2D eigenvalue weighted by Crippen LogP contribution is 2.22. The number of halogens is 1. The lowest BCUT2D eigenvalue weighted by atomic mass is 10.2. The summed E-state index contributed by atoms with van der Waals surface area (Å²) < 4.78 is 39.8. The maximum Gasteiger partial charge on any atom is 0.261 e. The van der Waals surface area contributed by atoms with E-state index in [0.717, 1.165) is 6.07 Å². The van der Waals surface area contributed by atoms with Gasteiger partial charge in [-0.3, -0.25) is 4.72 Å². The van der Waals surface area contributed by atoms with Crippen LogP contribution in [0.2, 0.25) is 0 Å². The SMILES string of the molecule is N#Cc1c(F)cccc1NS(=O)(=O)c1ccc(N)cc1. The molecule has 2 rings (SSSR count). The van der Waals surface area contributed by atoms with Crippen LogP contribution in [0.1, 0.15) is 5.56 Å². The fourth-order valence-corrected chi connectivity index (χ4v) is 2.65. The van der Waals surface area contributed by atoms with Gasteiger partial charge in [0.1, 0.15) is 17.4 Å². The van der Waals surface area contributed by atoms with E-state index < -0.39 is 15.8 Å². The lowest BCUT2D eigenvalue weighted by Crippen LogP contribution is -2.14. The zero-order chi connectivity index (χ0) is 14.8. The second-order valence-electron chi connectivity index (χ2n) is 3.95. The van der Waals surface area contributed by atoms with E-state index in [1.807, 2.05) is 0 Å². The minimum atomic E-state index is -3.90. The summed E-state index contributed by atoms with van der Waals surface area (Å²) >= 11 is 0. The van der Waals surface area contributed by atoms with Crippen LogP contribution in [-0.4, -0.2) is 8.42 Å². The first-order valence-corrected chi connectivity index (χ1v) is 6.99. The molecule has 0 spiro atoms. The third-order valence-electron chi connectivity index (χ3n) is 2.56. The van der Waals surface area contributed by atoms with Crippen molar-refractivity contribution in [3.05, 3.63) is 53.8 Å². The lowest BCUT2D eigenvalue weighted by Gasteiger charge is -2.09. The molecule has 102 valence electrons. The van der Waals surface area contributed by atoms with Crippen LogP contribution in [0.5, 0.6) is 0 Å². The molecule has 0 saturated heterocycles. The van der Waals surface area contributed by atoms with Gasteiger partial charge in [-0.25, -0.2) is 12.8 Å². The molecule has 0 radical (unpaired) electrons. The van der Waals surface area contributed by atoms with E-state index >= 15 is 0 Å². The van der Waals surface area contributed by atoms with E-state index in [1.165, 1.54) is 36.4 Å². The van der Waals surface area contributed by atoms with Gasteiger partial charge in [-0.05, 0) is 36.4 Å². The Kier molecular flexibility index (Phi) is 3.59. The fraction of sp³-hybridized carbons (Fsp3) is 0. The fourth-order valence-electron chi connectivity index (χ4n) is 1.57. The summed E-state index contributed by atoms with van der Waals surface area (Å²) in [7, 11) is -3.90. The number of nitrogen functional groups attached to an aromatic ring is 1. The first-order valence-electron chi connectivity index (χ1n) is 5.51. The third kappa shape index (κ3) is 2.70. The minimum absolute atomic E-state index is 0.0279. The Morgan fingerprint density at radius 2 is 1.80 bits per heavy atom. The number of nitriles is 1. The maximum absolute atomic E-state index is 13.4. The van der Waals surface area contributed by atoms with Crippen LogP contribution < -0.4 is 10.5 Å². The summed E-state index contributed by atoms with van der Waals surface area (Å²) in [6.45, 7) is 0. The minimum Gasteiger partial charge on any atom is -0.399 e. The molecule has 3 N–H and O–H groups in total. The highest BCUT2D eigenvalue weighted by molar-refractivity contribution is 7.92. The van der Waals surface area contributed by atoms with E-state index in [9.17, 15) is 12.8 Å². The summed E-state index contributed by atoms with van der Waals surface area (Å²) in [6.07, 6.45) is 0. The van der Waals surface area contributed by atoms with E-state index in [1.54, 1.807) is 6.07 Å². The molecule has 0 atom stereocenters. The molecule has 0 aliphatic carbocycles. The summed E-state index contributed by atoms with van der Waals surface area (Å²) in [5.74, 6) is -0.787. The van der Waals surface area contributed by atoms with Gasteiger partial charge in [-0.15, -0.1) is 0 Å². The smallest absolute Gasteiger partial charge is 0.261 e. The maximum atomic E-state index is 13.4. The summed E-state index contributed by atoms with van der Waals surface area (Å²) in [6, 6.07) is 10.9. The summed E-state index contributed by atoms with van der Waals surface area (Å²) in [4.78, 5) is -0.0279. The molecule has 5 nitrogen and oxygen atoms in total. The van der Waals surface area contributed by atoms with E-state index in [2.05, 4.69) is 4.72 Å². The van der Waals surface area contributed by atoms with Gasteiger partial charge in [-0.1, -0.05) is 6.07 Å². The molecule has 0 aliphatic heterocycles. The van der Waals surface area contributed by atoms with E-state index in [4.69, 9.17) is 11.0 Å². The van der Waals surface area contributed by atoms with Crippen molar-refractivity contribution in [2.24, 2.45) is 0 Å². The van der Waals surface area contributed by atoms with E-state index in [-0.39, 0.29) is 16.1 Å². The van der Waals surface area contributed by atoms with Crippen molar-refractivity contribution in [1.82, 2.24) is 0 Å². The third-order valence-corrected chi connectivity index (χ3v) is 3.94. The molecule has 0 fully saturated rings. The standard InChI is InChI=1S/C13H10FN3O2S/c14-12-2-1-3-13(11(12)8-15)17-20(18,19)10-6-4-9(16)5-7-10/h1-7,17H,16H2. The highest BCUT2D eigenvalue weighted by atomic mass is 32.2. The van der Waals surface area contributed by atoms with Crippen LogP contribution in [0.3, 0.4) is 0 Å². The molecule has 2 aromatic carbocycles. The second kappa shape index (κ2) is 5.19. The van der Waals surface area contributed by atoms with Crippen molar-refractivity contribution in [3.63, 3.8) is 0 Å². The Morgan fingerprint density at radius 1 is 1.15 bits per heavy atom. The molecule has 0 unspecified atom stereocenters. The number of hydrogen-bond donors (Lipinski definition) is 2. The van der Waals surface area contributed by atoms with Crippen LogP contribution in [-0.2, 0) is 10.0 Å². The summed E-state index contributed by atoms with van der Waals surface area (Å²) in [5.41, 5.74) is 5.44. The molecule has 2 aromatic rings. The van der Waals surface area contributed by atoms with Crippen molar-refractivity contribution in [2.45, 2.75) is 4.90 Å². The van der Waals surface area contributed by atoms with Crippen molar-refractivity contribution in [1.29, 1.82) is 5.26 Å². The summed E-state index contributed by atoms with van der Waals surface area (Å²) in [5, 5.41) is 8.86. The van der Waals surface area contributed by atoms with Crippen molar-refractivity contribution < 1.29 is 12.8 Å². The molecular weight excluding hydrogens is 281 g/mol. The number of benzene rings is 2. The number of sulfonamides is 1. The average molecular weight is 291 g/mol. The Hall–Kier alpha value is -2.59. The van der Waals surface area contributed by atoms with Gasteiger partial charge in [-0.2, -0.15) is 5.26 Å². The average Bonchev–Trinajstić information content (AvgIpc) is 2.39. The number of rotatable bonds is 3. The van der Waals surface area contributed by atoms with Gasteiger partial charge in [0.2, 0.25) is 0 Å². The largest absolute Gasteiger partial charge is 0.399 e. The zero-order valence-corrected chi connectivity index (χ0v) is 11.0. The monoisotopic (exact) mass is 291 g/mol. The molecule has 0 heterocycles. The first-order chi connectivity index (χ1) is 9.44. The van der Waals surface area contributed by atoms with Gasteiger partial charge in [0, 0.05) is 5.69 Å². The molecule has 0 amide bonds. The van der Waals surface area contributed by atoms with Crippen LogP contribution in [0.15, 0.2) is 47.4 Å². The molecule has 0 aromatic heterocycles. The number of nitrogens with two attached hydrogens (primary N) is 1. The molecular formula is C13H10FN3O2S. The first kappa shape index (κ1) is 13.8. The van der Waals surface area contributed by atoms with Crippen LogP contribution in [0.4, 0.5) is 15.8 Å². The van der Waals surface area contributed by atoms with Gasteiger partial charge < -0.3 is 5.73 Å². The molecule has 0 bridgehead atoms. The van der Waals surface area contributed by atoms with Crippen molar-refractivity contribution >= 4 is 21.4 Å². The predicted molar refractivity (Wildman–Crippen MR) is 72.8 cm³/mol. The Balaban J connectivity index is 2.42. The van der Waals surface area contributed by atoms with Crippen LogP contribution in [0, 0.1) is 17.1 Å². The molecule has 7 heteroatoms. The Labute approximate surface area is 115 Å². The van der Waals surface area contributed by atoms with Crippen LogP contribution in [0.25, 0.3) is 0 Å². The van der Waals surface area contributed by atoms with Crippen LogP contribution >= 0.6 is 0 Å². The predicted octanol–water partition coefficient (Wildman–Crippen LogP) is 2.08. The topological polar surface area (TPSA) is 96.0 Å². The zero-order valence-electron chi connectivity index (χ0n) is 10.2. The van der Waals surface area contributed by atoms with Crippen molar-refractivity contribution in [3.8, 4) is 6.07 Å². The van der Waals surface area contributed by atoms with Crippen molar-refractivity contribution in [2.75, 3.05) is 10.5 Å². The number of nitrogens with one attached hydrogen (secondary N) is 1. The number of anilines is 2. The quantitative estimate of drug-likeness (QED) is 0.846. The van der Waals surface area contributed by atoms with Gasteiger partial charge in [0.25, 0.3) is 10.0 Å². The Morgan fingerprint density at radius 3 is 2.40 bits per heavy atom.